The Hall–Kier alpha value is -6.64. The summed E-state index contributed by atoms with van der Waals surface area (Å²) in [5.74, 6) is 0. The van der Waals surface area contributed by atoms with Crippen LogP contribution in [0.2, 0.25) is 0 Å². The number of anilines is 4. The molecule has 6 aromatic carbocycles. The Bertz CT molecular complexity index is 2250. The molecule has 0 saturated carbocycles. The van der Waals surface area contributed by atoms with Crippen LogP contribution in [0.3, 0.4) is 0 Å². The Morgan fingerprint density at radius 2 is 0.907 bits per heavy atom. The van der Waals surface area contributed by atoms with Crippen molar-refractivity contribution in [2.45, 2.75) is 26.7 Å². The van der Waals surface area contributed by atoms with E-state index in [1.807, 2.05) is 6.92 Å². The second kappa shape index (κ2) is 17.7. The third-order valence-corrected chi connectivity index (χ3v) is 9.54. The lowest BCUT2D eigenvalue weighted by atomic mass is 10.0. The average molecular weight is 699 g/mol. The Morgan fingerprint density at radius 1 is 0.481 bits per heavy atom. The molecule has 1 aliphatic carbocycles. The van der Waals surface area contributed by atoms with Crippen LogP contribution in [-0.2, 0) is 0 Å². The van der Waals surface area contributed by atoms with Crippen molar-refractivity contribution in [3.8, 4) is 11.1 Å². The number of benzene rings is 6. The van der Waals surface area contributed by atoms with Crippen LogP contribution in [0, 0.1) is 0 Å². The zero-order valence-electron chi connectivity index (χ0n) is 31.1. The molecule has 6 aromatic rings. The molecular weight excluding hydrogens is 653 g/mol. The number of rotatable bonds is 12. The van der Waals surface area contributed by atoms with Gasteiger partial charge in [0, 0.05) is 34.1 Å². The standard InChI is InChI=1S/C52H46N2/c1-3-4-14-41(2)53(48-15-8-5-9-16-48)51-37-29-44(30-38-51)23-21-42-25-33-46(34-26-42)47-35-27-43(28-36-47)22-24-45-31-39-52(40-32-45)54(49-17-10-6-11-18-49)50-19-12-7-13-20-50/h3-4,6-8,10-40H,5,9H2,1-2H3/b4-3-,23-21+,24-22+,41-14+. The van der Waals surface area contributed by atoms with Gasteiger partial charge in [0.05, 0.1) is 0 Å². The van der Waals surface area contributed by atoms with Crippen LogP contribution in [0.1, 0.15) is 48.9 Å². The van der Waals surface area contributed by atoms with Gasteiger partial charge in [-0.1, -0.05) is 158 Å². The van der Waals surface area contributed by atoms with Crippen molar-refractivity contribution in [2.24, 2.45) is 0 Å². The van der Waals surface area contributed by atoms with Gasteiger partial charge in [0.15, 0.2) is 0 Å². The van der Waals surface area contributed by atoms with Crippen molar-refractivity contribution >= 4 is 47.1 Å². The van der Waals surface area contributed by atoms with E-state index in [2.05, 4.69) is 235 Å². The molecule has 0 atom stereocenters. The normalized spacial score (nSPS) is 13.1. The summed E-state index contributed by atoms with van der Waals surface area (Å²) in [6, 6.07) is 56.1. The molecule has 0 fully saturated rings. The van der Waals surface area contributed by atoms with E-state index in [1.54, 1.807) is 0 Å². The average Bonchev–Trinajstić information content (AvgIpc) is 3.24. The Labute approximate surface area is 321 Å². The first-order valence-corrected chi connectivity index (χ1v) is 18.8. The van der Waals surface area contributed by atoms with E-state index in [1.165, 1.54) is 39.2 Å². The molecule has 2 nitrogen and oxygen atoms in total. The highest BCUT2D eigenvalue weighted by Gasteiger charge is 2.14. The molecule has 0 amide bonds. The van der Waals surface area contributed by atoms with Crippen molar-refractivity contribution < 1.29 is 0 Å². The molecule has 1 aliphatic rings. The van der Waals surface area contributed by atoms with Crippen LogP contribution in [0.4, 0.5) is 22.7 Å². The Kier molecular flexibility index (Phi) is 11.7. The summed E-state index contributed by atoms with van der Waals surface area (Å²) in [6.07, 6.45) is 24.0. The molecule has 2 heteroatoms. The Morgan fingerprint density at radius 3 is 1.33 bits per heavy atom. The highest BCUT2D eigenvalue weighted by molar-refractivity contribution is 5.79. The fourth-order valence-electron chi connectivity index (χ4n) is 6.66. The van der Waals surface area contributed by atoms with Gasteiger partial charge >= 0.3 is 0 Å². The summed E-state index contributed by atoms with van der Waals surface area (Å²) in [4.78, 5) is 4.61. The highest BCUT2D eigenvalue weighted by atomic mass is 15.2. The van der Waals surface area contributed by atoms with E-state index in [4.69, 9.17) is 0 Å². The molecule has 0 N–H and O–H groups in total. The van der Waals surface area contributed by atoms with E-state index in [0.29, 0.717) is 0 Å². The van der Waals surface area contributed by atoms with Crippen LogP contribution < -0.4 is 9.80 Å². The summed E-state index contributed by atoms with van der Waals surface area (Å²) < 4.78 is 0. The monoisotopic (exact) mass is 698 g/mol. The van der Waals surface area contributed by atoms with Crippen molar-refractivity contribution in [1.82, 2.24) is 0 Å². The fraction of sp³-hybridized carbons (Fsp3) is 0.0769. The lowest BCUT2D eigenvalue weighted by Gasteiger charge is -2.28. The minimum atomic E-state index is 1.07. The van der Waals surface area contributed by atoms with Crippen molar-refractivity contribution in [2.75, 3.05) is 9.80 Å². The van der Waals surface area contributed by atoms with Gasteiger partial charge in [-0.25, -0.2) is 0 Å². The molecule has 0 radical (unpaired) electrons. The van der Waals surface area contributed by atoms with Crippen LogP contribution >= 0.6 is 0 Å². The van der Waals surface area contributed by atoms with Crippen molar-refractivity contribution in [1.29, 1.82) is 0 Å². The van der Waals surface area contributed by atoms with E-state index in [-0.39, 0.29) is 0 Å². The molecule has 0 unspecified atom stereocenters. The van der Waals surface area contributed by atoms with Gasteiger partial charge in [-0.05, 0) is 121 Å². The summed E-state index contributed by atoms with van der Waals surface area (Å²) in [5, 5.41) is 0. The maximum absolute atomic E-state index is 2.33. The van der Waals surface area contributed by atoms with Gasteiger partial charge in [0.1, 0.15) is 0 Å². The summed E-state index contributed by atoms with van der Waals surface area (Å²) in [7, 11) is 0. The minimum absolute atomic E-state index is 1.07. The van der Waals surface area contributed by atoms with E-state index < -0.39 is 0 Å². The molecule has 0 bridgehead atoms. The third-order valence-electron chi connectivity index (χ3n) is 9.54. The summed E-state index contributed by atoms with van der Waals surface area (Å²) in [5.41, 5.74) is 14.1. The topological polar surface area (TPSA) is 6.48 Å². The first kappa shape index (κ1) is 35.7. The minimum Gasteiger partial charge on any atom is -0.315 e. The highest BCUT2D eigenvalue weighted by Crippen LogP contribution is 2.34. The maximum Gasteiger partial charge on any atom is 0.0462 e. The molecule has 0 aliphatic heterocycles. The van der Waals surface area contributed by atoms with Gasteiger partial charge in [0.25, 0.3) is 0 Å². The second-order valence-corrected chi connectivity index (χ2v) is 13.4. The van der Waals surface area contributed by atoms with Gasteiger partial charge in [0.2, 0.25) is 0 Å². The number of allylic oxidation sites excluding steroid dienone is 7. The fourth-order valence-corrected chi connectivity index (χ4v) is 6.66. The zero-order valence-corrected chi connectivity index (χ0v) is 31.1. The first-order chi connectivity index (χ1) is 26.6. The predicted octanol–water partition coefficient (Wildman–Crippen LogP) is 14.7. The molecule has 0 aromatic heterocycles. The van der Waals surface area contributed by atoms with Gasteiger partial charge in [-0.2, -0.15) is 0 Å². The van der Waals surface area contributed by atoms with E-state index in [0.717, 1.165) is 41.2 Å². The molecule has 0 saturated heterocycles. The molecule has 0 heterocycles. The molecule has 0 spiro atoms. The quantitative estimate of drug-likeness (QED) is 0.0927. The smallest absolute Gasteiger partial charge is 0.0462 e. The first-order valence-electron chi connectivity index (χ1n) is 18.8. The molecule has 264 valence electrons. The van der Waals surface area contributed by atoms with Crippen molar-refractivity contribution in [3.63, 3.8) is 0 Å². The number of hydrogen-bond donors (Lipinski definition) is 0. The van der Waals surface area contributed by atoms with Crippen LogP contribution in [0.25, 0.3) is 35.4 Å². The van der Waals surface area contributed by atoms with Crippen LogP contribution in [0.5, 0.6) is 0 Å². The molecule has 7 rings (SSSR count). The number of nitrogens with zero attached hydrogens (tertiary/aromatic N) is 2. The van der Waals surface area contributed by atoms with Crippen molar-refractivity contribution in [3.05, 3.63) is 228 Å². The van der Waals surface area contributed by atoms with Crippen LogP contribution in [0.15, 0.2) is 206 Å². The second-order valence-electron chi connectivity index (χ2n) is 13.4. The number of para-hydroxylation sites is 2. The SMILES string of the molecule is C/C=C\C=C(/C)N(C1=CCCC=C1)c1ccc(/C=C/c2ccc(-c3ccc(/C=C/c4ccc(N(c5ccccc5)c5ccccc5)cc4)cc3)cc2)cc1. The zero-order chi connectivity index (χ0) is 37.0. The molecular formula is C52H46N2. The largest absolute Gasteiger partial charge is 0.315 e. The summed E-state index contributed by atoms with van der Waals surface area (Å²) in [6.45, 7) is 4.22. The third kappa shape index (κ3) is 9.04. The predicted molar refractivity (Wildman–Crippen MR) is 235 cm³/mol. The van der Waals surface area contributed by atoms with E-state index >= 15 is 0 Å². The maximum atomic E-state index is 2.33. The van der Waals surface area contributed by atoms with Crippen LogP contribution in [-0.4, -0.2) is 0 Å². The Balaban J connectivity index is 0.978. The van der Waals surface area contributed by atoms with Gasteiger partial charge in [-0.15, -0.1) is 0 Å². The lowest BCUT2D eigenvalue weighted by Crippen LogP contribution is -2.20. The van der Waals surface area contributed by atoms with Gasteiger partial charge in [-0.3, -0.25) is 0 Å². The summed E-state index contributed by atoms with van der Waals surface area (Å²) >= 11 is 0. The number of hydrogen-bond acceptors (Lipinski definition) is 2. The lowest BCUT2D eigenvalue weighted by molar-refractivity contribution is 0.978. The van der Waals surface area contributed by atoms with E-state index in [9.17, 15) is 0 Å². The van der Waals surface area contributed by atoms with Gasteiger partial charge < -0.3 is 9.80 Å². The molecule has 54 heavy (non-hydrogen) atoms.